The van der Waals surface area contributed by atoms with Crippen LogP contribution in [0.5, 0.6) is 0 Å². The molecule has 0 aliphatic rings. The maximum absolute atomic E-state index is 11.9. The number of aliphatic hydroxyl groups is 1. The molecular weight excluding hydrogens is 273 g/mol. The van der Waals surface area contributed by atoms with Gasteiger partial charge in [0.05, 0.1) is 0 Å². The minimum atomic E-state index is -4.43. The van der Waals surface area contributed by atoms with E-state index < -0.39 is 18.8 Å². The maximum Gasteiger partial charge on any atom is 0.405 e. The number of halogens is 3. The van der Waals surface area contributed by atoms with E-state index in [0.29, 0.717) is 5.56 Å². The van der Waals surface area contributed by atoms with Crippen molar-refractivity contribution in [3.8, 4) is 11.8 Å². The maximum atomic E-state index is 11.9. The summed E-state index contributed by atoms with van der Waals surface area (Å²) in [6, 6.07) is 5.86. The van der Waals surface area contributed by atoms with Gasteiger partial charge in [-0.2, -0.15) is 13.2 Å². The first kappa shape index (κ1) is 15.9. The molecule has 0 saturated carbocycles. The zero-order chi connectivity index (χ0) is 15.0. The highest BCUT2D eigenvalue weighted by molar-refractivity contribution is 5.73. The molecule has 108 valence electrons. The quantitative estimate of drug-likeness (QED) is 0.735. The molecule has 1 aromatic carbocycles. The van der Waals surface area contributed by atoms with Gasteiger partial charge >= 0.3 is 12.2 Å². The van der Waals surface area contributed by atoms with Crippen LogP contribution in [0.1, 0.15) is 11.1 Å². The summed E-state index contributed by atoms with van der Waals surface area (Å²) in [5.41, 5.74) is 1.42. The minimum Gasteiger partial charge on any atom is -0.384 e. The molecule has 2 amide bonds. The molecule has 0 bridgehead atoms. The van der Waals surface area contributed by atoms with Crippen molar-refractivity contribution in [2.75, 3.05) is 13.2 Å². The lowest BCUT2D eigenvalue weighted by molar-refractivity contribution is -0.122. The van der Waals surface area contributed by atoms with Gasteiger partial charge in [-0.25, -0.2) is 4.79 Å². The molecule has 4 nitrogen and oxygen atoms in total. The van der Waals surface area contributed by atoms with Crippen LogP contribution in [0.15, 0.2) is 24.3 Å². The summed E-state index contributed by atoms with van der Waals surface area (Å²) in [4.78, 5) is 11.1. The number of urea groups is 1. The van der Waals surface area contributed by atoms with Gasteiger partial charge in [-0.1, -0.05) is 24.0 Å². The average molecular weight is 286 g/mol. The summed E-state index contributed by atoms with van der Waals surface area (Å²) >= 11 is 0. The Hall–Kier alpha value is -2.20. The molecule has 7 heteroatoms. The Bertz CT molecular complexity index is 501. The number of aliphatic hydroxyl groups excluding tert-OH is 1. The van der Waals surface area contributed by atoms with Crippen LogP contribution in [0.4, 0.5) is 18.0 Å². The number of alkyl halides is 3. The standard InChI is InChI=1S/C13H13F3N2O2/c14-13(15,16)9-18-12(20)17-8-11-5-3-10(4-6-11)2-1-7-19/h3-6,19H,7-9H2,(H2,17,18,20). The monoisotopic (exact) mass is 286 g/mol. The largest absolute Gasteiger partial charge is 0.405 e. The highest BCUT2D eigenvalue weighted by Crippen LogP contribution is 2.11. The van der Waals surface area contributed by atoms with Gasteiger partial charge in [0.1, 0.15) is 13.2 Å². The van der Waals surface area contributed by atoms with Gasteiger partial charge in [-0.15, -0.1) is 0 Å². The summed E-state index contributed by atoms with van der Waals surface area (Å²) in [6.07, 6.45) is -4.43. The lowest BCUT2D eigenvalue weighted by Gasteiger charge is -2.09. The molecule has 0 radical (unpaired) electrons. The predicted molar refractivity (Wildman–Crippen MR) is 66.7 cm³/mol. The van der Waals surface area contributed by atoms with Crippen LogP contribution in [0.3, 0.4) is 0 Å². The highest BCUT2D eigenvalue weighted by atomic mass is 19.4. The lowest BCUT2D eigenvalue weighted by Crippen LogP contribution is -2.40. The smallest absolute Gasteiger partial charge is 0.384 e. The fourth-order valence-electron chi connectivity index (χ4n) is 1.27. The lowest BCUT2D eigenvalue weighted by atomic mass is 10.1. The van der Waals surface area contributed by atoms with E-state index in [0.717, 1.165) is 5.56 Å². The van der Waals surface area contributed by atoms with Crippen molar-refractivity contribution in [3.05, 3.63) is 35.4 Å². The molecule has 1 rings (SSSR count). The van der Waals surface area contributed by atoms with E-state index in [1.165, 1.54) is 0 Å². The summed E-state index contributed by atoms with van der Waals surface area (Å²) in [7, 11) is 0. The highest BCUT2D eigenvalue weighted by Gasteiger charge is 2.27. The minimum absolute atomic E-state index is 0.109. The zero-order valence-corrected chi connectivity index (χ0v) is 10.4. The van der Waals surface area contributed by atoms with Gasteiger partial charge in [0.2, 0.25) is 0 Å². The number of amides is 2. The van der Waals surface area contributed by atoms with Gasteiger partial charge in [-0.3, -0.25) is 0 Å². The van der Waals surface area contributed by atoms with Gasteiger partial charge in [-0.05, 0) is 17.7 Å². The van der Waals surface area contributed by atoms with E-state index in [4.69, 9.17) is 5.11 Å². The topological polar surface area (TPSA) is 61.4 Å². The molecule has 0 spiro atoms. The Balaban J connectivity index is 2.40. The zero-order valence-electron chi connectivity index (χ0n) is 10.4. The molecule has 20 heavy (non-hydrogen) atoms. The number of hydrogen-bond donors (Lipinski definition) is 3. The van der Waals surface area contributed by atoms with E-state index >= 15 is 0 Å². The van der Waals surface area contributed by atoms with Crippen molar-refractivity contribution in [1.29, 1.82) is 0 Å². The third-order valence-electron chi connectivity index (χ3n) is 2.17. The number of carbonyl (C=O) groups excluding carboxylic acids is 1. The van der Waals surface area contributed by atoms with Crippen LogP contribution in [0.25, 0.3) is 0 Å². The Morgan fingerprint density at radius 3 is 2.40 bits per heavy atom. The van der Waals surface area contributed by atoms with Crippen LogP contribution in [0.2, 0.25) is 0 Å². The van der Waals surface area contributed by atoms with Gasteiger partial charge < -0.3 is 15.7 Å². The van der Waals surface area contributed by atoms with Crippen molar-refractivity contribution < 1.29 is 23.1 Å². The third kappa shape index (κ3) is 6.66. The van der Waals surface area contributed by atoms with Gasteiger partial charge in [0.15, 0.2) is 0 Å². The molecule has 0 atom stereocenters. The summed E-state index contributed by atoms with van der Waals surface area (Å²) in [6.45, 7) is -1.49. The molecule has 0 heterocycles. The van der Waals surface area contributed by atoms with Crippen molar-refractivity contribution in [2.45, 2.75) is 12.7 Å². The molecule has 3 N–H and O–H groups in total. The van der Waals surface area contributed by atoms with Crippen LogP contribution in [0, 0.1) is 11.8 Å². The Kier molecular flexibility index (Phi) is 5.87. The van der Waals surface area contributed by atoms with E-state index in [-0.39, 0.29) is 13.2 Å². The number of benzene rings is 1. The first-order chi connectivity index (χ1) is 9.40. The van der Waals surface area contributed by atoms with Crippen LogP contribution < -0.4 is 10.6 Å². The van der Waals surface area contributed by atoms with Crippen molar-refractivity contribution in [3.63, 3.8) is 0 Å². The number of rotatable bonds is 3. The first-order valence-corrected chi connectivity index (χ1v) is 5.68. The fourth-order valence-corrected chi connectivity index (χ4v) is 1.27. The van der Waals surface area contributed by atoms with Crippen molar-refractivity contribution in [2.24, 2.45) is 0 Å². The van der Waals surface area contributed by atoms with Gasteiger partial charge in [0, 0.05) is 12.1 Å². The SMILES string of the molecule is O=C(NCc1ccc(C#CCO)cc1)NCC(F)(F)F. The normalized spacial score (nSPS) is 10.4. The second-order valence-electron chi connectivity index (χ2n) is 3.81. The van der Waals surface area contributed by atoms with Crippen molar-refractivity contribution >= 4 is 6.03 Å². The second-order valence-corrected chi connectivity index (χ2v) is 3.81. The Labute approximate surface area is 114 Å². The molecule has 0 aliphatic carbocycles. The predicted octanol–water partition coefficient (Wildman–Crippen LogP) is 1.39. The number of hydrogen-bond acceptors (Lipinski definition) is 2. The van der Waals surface area contributed by atoms with E-state index in [9.17, 15) is 18.0 Å². The number of nitrogens with one attached hydrogen (secondary N) is 2. The van der Waals surface area contributed by atoms with E-state index in [1.807, 2.05) is 0 Å². The molecule has 0 aromatic heterocycles. The Morgan fingerprint density at radius 2 is 1.85 bits per heavy atom. The molecule has 0 unspecified atom stereocenters. The summed E-state index contributed by atoms with van der Waals surface area (Å²) in [5.74, 6) is 5.18. The molecule has 1 aromatic rings. The van der Waals surface area contributed by atoms with E-state index in [2.05, 4.69) is 17.2 Å². The average Bonchev–Trinajstić information content (AvgIpc) is 2.41. The number of carbonyl (C=O) groups is 1. The second kappa shape index (κ2) is 7.40. The van der Waals surface area contributed by atoms with E-state index in [1.54, 1.807) is 29.6 Å². The first-order valence-electron chi connectivity index (χ1n) is 5.68. The van der Waals surface area contributed by atoms with Crippen LogP contribution in [-0.4, -0.2) is 30.5 Å². The van der Waals surface area contributed by atoms with Gasteiger partial charge in [0.25, 0.3) is 0 Å². The van der Waals surface area contributed by atoms with Crippen LogP contribution in [-0.2, 0) is 6.54 Å². The fraction of sp³-hybridized carbons (Fsp3) is 0.308. The summed E-state index contributed by atoms with van der Waals surface area (Å²) < 4.78 is 35.6. The van der Waals surface area contributed by atoms with Crippen molar-refractivity contribution in [1.82, 2.24) is 10.6 Å². The molecule has 0 saturated heterocycles. The summed E-state index contributed by atoms with van der Waals surface area (Å²) in [5, 5.41) is 12.5. The Morgan fingerprint density at radius 1 is 1.20 bits per heavy atom. The third-order valence-corrected chi connectivity index (χ3v) is 2.17. The molecule has 0 fully saturated rings. The molecular formula is C13H13F3N2O2. The molecule has 0 aliphatic heterocycles. The van der Waals surface area contributed by atoms with Crippen LogP contribution >= 0.6 is 0 Å².